The summed E-state index contributed by atoms with van der Waals surface area (Å²) in [4.78, 5) is 0. The fourth-order valence-corrected chi connectivity index (χ4v) is 1.65. The summed E-state index contributed by atoms with van der Waals surface area (Å²) in [6, 6.07) is 19.2. The van der Waals surface area contributed by atoms with Crippen LogP contribution in [-0.2, 0) is 0 Å². The van der Waals surface area contributed by atoms with Crippen molar-refractivity contribution in [3.05, 3.63) is 59.1 Å². The second-order valence-electron chi connectivity index (χ2n) is 2.80. The smallest absolute Gasteiger partial charge is 0.0181 e. The van der Waals surface area contributed by atoms with Crippen molar-refractivity contribution in [2.45, 2.75) is 0 Å². The number of hydrogen-bond donors (Lipinski definition) is 0. The molecule has 0 heterocycles. The van der Waals surface area contributed by atoms with Crippen molar-refractivity contribution in [1.82, 2.24) is 0 Å². The Hall–Kier alpha value is -1.08. The van der Waals surface area contributed by atoms with Gasteiger partial charge in [-0.15, -0.1) is 0 Å². The average Bonchev–Trinajstić information content (AvgIpc) is 2.19. The van der Waals surface area contributed by atoms with Crippen LogP contribution in [0.5, 0.6) is 0 Å². The fourth-order valence-electron chi connectivity index (χ4n) is 1.25. The van der Waals surface area contributed by atoms with Gasteiger partial charge in [-0.2, -0.15) is 0 Å². The third kappa shape index (κ3) is 1.99. The van der Waals surface area contributed by atoms with E-state index in [1.165, 1.54) is 11.1 Å². The predicted octanol–water partition coefficient (Wildman–Crippen LogP) is 3.92. The van der Waals surface area contributed by atoms with Crippen LogP contribution in [0.15, 0.2) is 53.0 Å². The van der Waals surface area contributed by atoms with E-state index in [9.17, 15) is 0 Å². The van der Waals surface area contributed by atoms with Gasteiger partial charge in [-0.05, 0) is 29.3 Å². The molecule has 0 atom stereocenters. The first kappa shape index (κ1) is 8.52. The standard InChI is InChI=1S/C12H8Br/c13-12-8-4-7-11(9-12)10-5-2-1-3-6-10/h2-9H. The van der Waals surface area contributed by atoms with Gasteiger partial charge in [0.05, 0.1) is 0 Å². The molecule has 2 rings (SSSR count). The summed E-state index contributed by atoms with van der Waals surface area (Å²) >= 11 is 3.45. The SMILES string of the molecule is Brc1cccc(-c2cc[c]cc2)c1. The molecule has 2 aromatic rings. The molecule has 0 aliphatic heterocycles. The average molecular weight is 232 g/mol. The molecule has 0 spiro atoms. The van der Waals surface area contributed by atoms with E-state index >= 15 is 0 Å². The molecule has 13 heavy (non-hydrogen) atoms. The lowest BCUT2D eigenvalue weighted by molar-refractivity contribution is 1.59. The van der Waals surface area contributed by atoms with Gasteiger partial charge in [0.2, 0.25) is 0 Å². The molecule has 2 aromatic carbocycles. The molecule has 0 nitrogen and oxygen atoms in total. The highest BCUT2D eigenvalue weighted by molar-refractivity contribution is 9.10. The first-order valence-electron chi connectivity index (χ1n) is 4.08. The molecule has 0 aliphatic rings. The van der Waals surface area contributed by atoms with Gasteiger partial charge in [0.1, 0.15) is 0 Å². The maximum absolute atomic E-state index is 3.45. The van der Waals surface area contributed by atoms with Crippen molar-refractivity contribution >= 4 is 15.9 Å². The molecule has 1 radical (unpaired) electrons. The van der Waals surface area contributed by atoms with Crippen molar-refractivity contribution < 1.29 is 0 Å². The van der Waals surface area contributed by atoms with E-state index in [1.807, 2.05) is 24.3 Å². The summed E-state index contributed by atoms with van der Waals surface area (Å²) in [6.07, 6.45) is 0. The largest absolute Gasteiger partial charge is 0.0605 e. The van der Waals surface area contributed by atoms with Gasteiger partial charge in [-0.1, -0.05) is 52.3 Å². The molecule has 0 bridgehead atoms. The van der Waals surface area contributed by atoms with Crippen LogP contribution in [-0.4, -0.2) is 0 Å². The van der Waals surface area contributed by atoms with Crippen molar-refractivity contribution in [3.8, 4) is 11.1 Å². The van der Waals surface area contributed by atoms with E-state index < -0.39 is 0 Å². The quantitative estimate of drug-likeness (QED) is 0.699. The van der Waals surface area contributed by atoms with Crippen molar-refractivity contribution in [2.75, 3.05) is 0 Å². The van der Waals surface area contributed by atoms with Gasteiger partial charge >= 0.3 is 0 Å². The lowest BCUT2D eigenvalue weighted by atomic mass is 10.1. The van der Waals surface area contributed by atoms with E-state index in [-0.39, 0.29) is 0 Å². The van der Waals surface area contributed by atoms with Gasteiger partial charge < -0.3 is 0 Å². The molecule has 1 heteroatoms. The summed E-state index contributed by atoms with van der Waals surface area (Å²) in [6.45, 7) is 0. The van der Waals surface area contributed by atoms with Crippen molar-refractivity contribution in [3.63, 3.8) is 0 Å². The molecule has 63 valence electrons. The monoisotopic (exact) mass is 231 g/mol. The lowest BCUT2D eigenvalue weighted by Gasteiger charge is -2.00. The highest BCUT2D eigenvalue weighted by atomic mass is 79.9. The zero-order valence-electron chi connectivity index (χ0n) is 7.00. The highest BCUT2D eigenvalue weighted by Crippen LogP contribution is 2.21. The molecule has 0 saturated carbocycles. The summed E-state index contributed by atoms with van der Waals surface area (Å²) in [5.41, 5.74) is 2.45. The predicted molar refractivity (Wildman–Crippen MR) is 58.4 cm³/mol. The first-order chi connectivity index (χ1) is 6.36. The van der Waals surface area contributed by atoms with Crippen LogP contribution in [0.4, 0.5) is 0 Å². The summed E-state index contributed by atoms with van der Waals surface area (Å²) in [5.74, 6) is 0. The Bertz CT molecular complexity index is 393. The topological polar surface area (TPSA) is 0 Å². The Balaban J connectivity index is 2.48. The van der Waals surface area contributed by atoms with Crippen LogP contribution in [0.1, 0.15) is 0 Å². The Labute approximate surface area is 86.4 Å². The van der Waals surface area contributed by atoms with E-state index in [2.05, 4.69) is 46.3 Å². The van der Waals surface area contributed by atoms with Crippen LogP contribution in [0, 0.1) is 6.07 Å². The molecule has 0 aromatic heterocycles. The van der Waals surface area contributed by atoms with Crippen LogP contribution in [0.3, 0.4) is 0 Å². The van der Waals surface area contributed by atoms with Gasteiger partial charge in [-0.3, -0.25) is 0 Å². The number of halogens is 1. The van der Waals surface area contributed by atoms with Crippen LogP contribution in [0.25, 0.3) is 11.1 Å². The van der Waals surface area contributed by atoms with Gasteiger partial charge in [0.15, 0.2) is 0 Å². The maximum atomic E-state index is 3.45. The molecule has 0 N–H and O–H groups in total. The van der Waals surface area contributed by atoms with E-state index in [0.717, 1.165) is 4.47 Å². The van der Waals surface area contributed by atoms with Gasteiger partial charge in [-0.25, -0.2) is 0 Å². The van der Waals surface area contributed by atoms with E-state index in [1.54, 1.807) is 0 Å². The highest BCUT2D eigenvalue weighted by Gasteiger charge is 1.95. The molecular weight excluding hydrogens is 224 g/mol. The fraction of sp³-hybridized carbons (Fsp3) is 0. The Morgan fingerprint density at radius 1 is 0.923 bits per heavy atom. The third-order valence-electron chi connectivity index (χ3n) is 1.88. The second kappa shape index (κ2) is 3.75. The lowest BCUT2D eigenvalue weighted by Crippen LogP contribution is -1.75. The number of rotatable bonds is 1. The molecule has 0 saturated heterocycles. The van der Waals surface area contributed by atoms with E-state index in [4.69, 9.17) is 0 Å². The normalized spacial score (nSPS) is 9.92. The summed E-state index contributed by atoms with van der Waals surface area (Å²) in [7, 11) is 0. The second-order valence-corrected chi connectivity index (χ2v) is 3.71. The molecule has 0 fully saturated rings. The van der Waals surface area contributed by atoms with Crippen LogP contribution >= 0.6 is 15.9 Å². The molecule has 0 amide bonds. The molecule has 0 aliphatic carbocycles. The number of benzene rings is 2. The number of hydrogen-bond acceptors (Lipinski definition) is 0. The summed E-state index contributed by atoms with van der Waals surface area (Å²) < 4.78 is 1.11. The van der Waals surface area contributed by atoms with E-state index in [0.29, 0.717) is 0 Å². The Morgan fingerprint density at radius 2 is 1.69 bits per heavy atom. The minimum atomic E-state index is 1.11. The van der Waals surface area contributed by atoms with Crippen molar-refractivity contribution in [1.29, 1.82) is 0 Å². The van der Waals surface area contributed by atoms with Gasteiger partial charge in [0, 0.05) is 4.47 Å². The minimum Gasteiger partial charge on any atom is -0.0605 e. The third-order valence-corrected chi connectivity index (χ3v) is 2.37. The maximum Gasteiger partial charge on any atom is 0.0181 e. The molecule has 0 unspecified atom stereocenters. The Kier molecular flexibility index (Phi) is 2.46. The summed E-state index contributed by atoms with van der Waals surface area (Å²) in [5, 5.41) is 0. The zero-order valence-corrected chi connectivity index (χ0v) is 8.58. The van der Waals surface area contributed by atoms with Crippen molar-refractivity contribution in [2.24, 2.45) is 0 Å². The zero-order chi connectivity index (χ0) is 9.10. The first-order valence-corrected chi connectivity index (χ1v) is 4.87. The van der Waals surface area contributed by atoms with Crippen LogP contribution in [0.2, 0.25) is 0 Å². The van der Waals surface area contributed by atoms with Gasteiger partial charge in [0.25, 0.3) is 0 Å². The molecular formula is C12H8Br. The van der Waals surface area contributed by atoms with Crippen LogP contribution < -0.4 is 0 Å². The Morgan fingerprint density at radius 3 is 2.38 bits per heavy atom. The minimum absolute atomic E-state index is 1.11.